The maximum atomic E-state index is 10.7. The van der Waals surface area contributed by atoms with Crippen molar-refractivity contribution >= 4 is 0 Å². The van der Waals surface area contributed by atoms with Crippen molar-refractivity contribution in [2.24, 2.45) is 0 Å². The average molecular weight is 1580 g/mol. The Hall–Kier alpha value is -2.14. The van der Waals surface area contributed by atoms with Crippen LogP contribution in [0.3, 0.4) is 0 Å². The topological polar surface area (TPSA) is 764 Å². The Kier molecular flexibility index (Phi) is 36.1. The van der Waals surface area contributed by atoms with Crippen LogP contribution in [0.25, 0.3) is 0 Å². The van der Waals surface area contributed by atoms with E-state index >= 15 is 0 Å². The van der Waals surface area contributed by atoms with E-state index < -0.39 is 336 Å². The van der Waals surface area contributed by atoms with E-state index in [-0.39, 0.29) is 13.2 Å². The highest BCUT2D eigenvalue weighted by molar-refractivity contribution is 5.01. The fourth-order valence-electron chi connectivity index (χ4n) is 13.0. The number of hydrogen-bond acceptors (Lipinski definition) is 47. The Morgan fingerprint density at radius 2 is 0.421 bits per heavy atom. The molecule has 0 aromatic rings. The van der Waals surface area contributed by atoms with Gasteiger partial charge in [0.2, 0.25) is 0 Å². The molecule has 0 aromatic carbocycles. The lowest BCUT2D eigenvalue weighted by molar-refractivity contribution is -0.379. The van der Waals surface area contributed by atoms with Crippen LogP contribution in [0.15, 0.2) is 12.7 Å². The van der Waals surface area contributed by atoms with E-state index in [1.165, 1.54) is 13.0 Å². The fraction of sp³-hybridized carbons (Fsp3) is 0.967. The molecule has 0 saturated carbocycles. The molecule has 18 unspecified atom stereocenters. The molecule has 9 rings (SSSR count). The highest BCUT2D eigenvalue weighted by Gasteiger charge is 2.58. The van der Waals surface area contributed by atoms with Gasteiger partial charge in [0.25, 0.3) is 0 Å². The summed E-state index contributed by atoms with van der Waals surface area (Å²) in [5.74, 6) is 0. The van der Waals surface area contributed by atoms with Crippen LogP contribution in [0, 0.1) is 0 Å². The lowest BCUT2D eigenvalue weighted by Crippen LogP contribution is -2.66. The van der Waals surface area contributed by atoms with Crippen molar-refractivity contribution in [3.63, 3.8) is 0 Å². The van der Waals surface area contributed by atoms with E-state index in [1.807, 2.05) is 0 Å². The second kappa shape index (κ2) is 41.9. The molecule has 9 heterocycles. The molecule has 0 bridgehead atoms. The zero-order chi connectivity index (χ0) is 79.5. The first-order valence-electron chi connectivity index (χ1n) is 34.2. The summed E-state index contributed by atoms with van der Waals surface area (Å²) in [4.78, 5) is 0. The Balaban J connectivity index is 0.000000224. The van der Waals surface area contributed by atoms with Crippen LogP contribution in [0.4, 0.5) is 0 Å². The number of hydrogen-bond donors (Lipinski definition) is 30. The van der Waals surface area contributed by atoms with Gasteiger partial charge in [-0.1, -0.05) is 6.08 Å². The molecule has 47 heteroatoms. The fourth-order valence-corrected chi connectivity index (χ4v) is 13.0. The molecule has 0 radical (unpaired) electrons. The molecular weight excluding hydrogens is 1470 g/mol. The van der Waals surface area contributed by atoms with E-state index in [9.17, 15) is 153 Å². The zero-order valence-electron chi connectivity index (χ0n) is 57.4. The number of aliphatic hydroxyl groups excluding tert-OH is 30. The standard InChI is InChI=1S/C21H36O16.C20H36O16.C19H34O15/c1-2-3-32-19-15(30)12(27)17(8(5-23)34-19)37-21-16(31)13(28)18(9(6-24)35-21)36-20-14(29)11(26)10(25)7(4-22)33-20;1-2-31-18-14(29)11(26)16(7(4-22)33-18)36-20-15(30)12(27)17(8(5-23)34-20)35-19-13(28)10(25)9(24)6(3-21)32-19;1-5-9(23)12(26)16(7(3-21)30-5)33-19-15(29)13(27)17(8(4-22)32-19)34-18-14(28)11(25)10(24)6(2-20)31-18/h2,7-31H,1,3-6H2;6-30H,2-5H2,1H3;5-29H,2-4H2,1H3/t7?,8?,9?,10-,11-,12+,13+,14?,15?,16?,17+,18-,19+,20+,21-;6?,7?,8?,9-,10-,11+,12+,13?,14?,15?,16+,17-,18+,19+,20-;5-,6?,7?,8?,9?,10-,11-,12+,13+,14?,15?,16+,17-,18+,19-/m000/s1. The summed E-state index contributed by atoms with van der Waals surface area (Å²) in [5.41, 5.74) is 0. The lowest BCUT2D eigenvalue weighted by Gasteiger charge is -2.48. The van der Waals surface area contributed by atoms with Crippen molar-refractivity contribution in [2.75, 3.05) is 72.7 Å². The SMILES string of the molecule is C=CCO[C@@H]1OC(CO)[C@@H](O[C@@H]2OC(CO)[C@H](O[C@H]3OC(CO)[C@H](O)[C@H](O)C3O)[C@H](O)C2O)[C@H](O)C1O.CCO[C@@H]1OC(CO)[C@@H](O[C@@H]2OC(CO)[C@H](O[C@H]3OC(CO)[C@H](O)[C@H](O)C3O)[C@H](O)C2O)[C@H](O)C1O.C[C@@H]1OC(CO)[C@@H](O[C@@H]2OC(CO)[C@H](O[C@H]3OC(CO)[C@H](O)[C@H](O)C3O)[C@H](O)C2O)[C@H](O)C1O. The quantitative estimate of drug-likeness (QED) is 0.0358. The number of aliphatic hydroxyl groups is 30. The maximum Gasteiger partial charge on any atom is 0.187 e. The molecule has 30 N–H and O–H groups in total. The molecule has 9 saturated heterocycles. The molecule has 0 amide bonds. The maximum absolute atomic E-state index is 10.7. The Bertz CT molecular complexity index is 2530. The van der Waals surface area contributed by atoms with Gasteiger partial charge in [0.05, 0.1) is 72.2 Å². The van der Waals surface area contributed by atoms with Crippen LogP contribution < -0.4 is 0 Å². The summed E-state index contributed by atoms with van der Waals surface area (Å²) in [6, 6.07) is 0. The van der Waals surface area contributed by atoms with Gasteiger partial charge in [0.1, 0.15) is 220 Å². The van der Waals surface area contributed by atoms with Crippen LogP contribution >= 0.6 is 0 Å². The largest absolute Gasteiger partial charge is 0.394 e. The molecule has 0 spiro atoms. The van der Waals surface area contributed by atoms with Gasteiger partial charge in [-0.15, -0.1) is 6.58 Å². The van der Waals surface area contributed by atoms with E-state index in [1.54, 1.807) is 6.92 Å². The predicted molar refractivity (Wildman–Crippen MR) is 331 cm³/mol. The smallest absolute Gasteiger partial charge is 0.187 e. The van der Waals surface area contributed by atoms with Gasteiger partial charge in [0.15, 0.2) is 50.3 Å². The third kappa shape index (κ3) is 20.9. The zero-order valence-corrected chi connectivity index (χ0v) is 57.4. The Morgan fingerprint density at radius 3 is 0.645 bits per heavy atom. The first-order valence-corrected chi connectivity index (χ1v) is 34.2. The van der Waals surface area contributed by atoms with Crippen LogP contribution in [0.1, 0.15) is 13.8 Å². The van der Waals surface area contributed by atoms with Gasteiger partial charge in [0, 0.05) is 6.61 Å². The molecule has 9 fully saturated rings. The first-order chi connectivity index (χ1) is 50.7. The van der Waals surface area contributed by atoms with Crippen molar-refractivity contribution in [1.82, 2.24) is 0 Å². The minimum absolute atomic E-state index is 0.0250. The summed E-state index contributed by atoms with van der Waals surface area (Å²) >= 11 is 0. The summed E-state index contributed by atoms with van der Waals surface area (Å²) < 4.78 is 91.8. The summed E-state index contributed by atoms with van der Waals surface area (Å²) in [6.45, 7) is 0.141. The second-order valence-corrected chi connectivity index (χ2v) is 26.4. The van der Waals surface area contributed by atoms with Crippen LogP contribution in [-0.2, 0) is 80.5 Å². The molecule has 0 aromatic heterocycles. The summed E-state index contributed by atoms with van der Waals surface area (Å²) in [5, 5.41) is 302. The van der Waals surface area contributed by atoms with Crippen molar-refractivity contribution in [3.05, 3.63) is 12.7 Å². The van der Waals surface area contributed by atoms with E-state index in [2.05, 4.69) is 6.58 Å². The second-order valence-electron chi connectivity index (χ2n) is 26.4. The molecule has 0 aliphatic carbocycles. The predicted octanol–water partition coefficient (Wildman–Crippen LogP) is -19.4. The molecule has 9 aliphatic rings. The van der Waals surface area contributed by atoms with Gasteiger partial charge < -0.3 is 234 Å². The normalized spacial score (nSPS) is 50.6. The van der Waals surface area contributed by atoms with E-state index in [0.717, 1.165) is 0 Å². The number of rotatable bonds is 26. The summed E-state index contributed by atoms with van der Waals surface area (Å²) in [6.07, 6.45) is -69.2. The van der Waals surface area contributed by atoms with Crippen LogP contribution in [0.2, 0.25) is 0 Å². The Morgan fingerprint density at radius 1 is 0.234 bits per heavy atom. The van der Waals surface area contributed by atoms with Crippen molar-refractivity contribution < 1.29 is 234 Å². The monoisotopic (exact) mass is 1580 g/mol. The molecule has 107 heavy (non-hydrogen) atoms. The van der Waals surface area contributed by atoms with E-state index in [0.29, 0.717) is 0 Å². The molecule has 47 nitrogen and oxygen atoms in total. The minimum atomic E-state index is -1.89. The molecule has 45 atom stereocenters. The summed E-state index contributed by atoms with van der Waals surface area (Å²) in [7, 11) is 0. The minimum Gasteiger partial charge on any atom is -0.394 e. The third-order valence-corrected chi connectivity index (χ3v) is 19.2. The van der Waals surface area contributed by atoms with Gasteiger partial charge in [-0.25, -0.2) is 0 Å². The highest BCUT2D eigenvalue weighted by Crippen LogP contribution is 2.38. The first kappa shape index (κ1) is 92.0. The average Bonchev–Trinajstić information content (AvgIpc) is 0.777. The Labute approximate surface area is 607 Å². The van der Waals surface area contributed by atoms with Crippen LogP contribution in [0.5, 0.6) is 0 Å². The third-order valence-electron chi connectivity index (χ3n) is 19.2. The molecule has 9 aliphatic heterocycles. The molecular formula is C60H106O47. The number of ether oxygens (including phenoxy) is 17. The van der Waals surface area contributed by atoms with E-state index in [4.69, 9.17) is 80.5 Å². The van der Waals surface area contributed by atoms with Gasteiger partial charge >= 0.3 is 0 Å². The molecule has 628 valence electrons. The highest BCUT2D eigenvalue weighted by atomic mass is 16.8. The van der Waals surface area contributed by atoms with Crippen LogP contribution in [-0.4, -0.2) is 502 Å². The van der Waals surface area contributed by atoms with Gasteiger partial charge in [-0.2, -0.15) is 0 Å². The van der Waals surface area contributed by atoms with Gasteiger partial charge in [-0.05, 0) is 13.8 Å². The lowest BCUT2D eigenvalue weighted by atomic mass is 9.94. The van der Waals surface area contributed by atoms with Crippen molar-refractivity contribution in [3.8, 4) is 0 Å². The van der Waals surface area contributed by atoms with Gasteiger partial charge in [-0.3, -0.25) is 0 Å². The van der Waals surface area contributed by atoms with Crippen molar-refractivity contribution in [1.29, 1.82) is 0 Å². The van der Waals surface area contributed by atoms with Crippen molar-refractivity contribution in [2.45, 2.75) is 290 Å².